The Balaban J connectivity index is 1.68. The van der Waals surface area contributed by atoms with Crippen LogP contribution in [-0.4, -0.2) is 53.9 Å². The molecule has 1 fully saturated rings. The van der Waals surface area contributed by atoms with Crippen LogP contribution in [0.2, 0.25) is 10.0 Å². The van der Waals surface area contributed by atoms with Crippen molar-refractivity contribution in [3.63, 3.8) is 0 Å². The highest BCUT2D eigenvalue weighted by Crippen LogP contribution is 2.42. The number of ether oxygens (including phenoxy) is 1. The number of hydrazine groups is 1. The molecule has 0 bridgehead atoms. The second-order valence-corrected chi connectivity index (χ2v) is 9.51. The lowest BCUT2D eigenvalue weighted by Crippen LogP contribution is -2.53. The number of aromatic nitrogens is 1. The molecule has 1 amide bonds. The molecule has 2 aromatic carbocycles. The van der Waals surface area contributed by atoms with E-state index in [-0.39, 0.29) is 11.8 Å². The van der Waals surface area contributed by atoms with E-state index < -0.39 is 0 Å². The molecule has 176 valence electrons. The van der Waals surface area contributed by atoms with Gasteiger partial charge in [0, 0.05) is 34.7 Å². The minimum atomic E-state index is -0.231. The third-order valence-corrected chi connectivity index (χ3v) is 7.29. The van der Waals surface area contributed by atoms with Crippen molar-refractivity contribution in [3.05, 3.63) is 74.9 Å². The minimum Gasteiger partial charge on any atom is -0.497 e. The number of halogens is 2. The van der Waals surface area contributed by atoms with Gasteiger partial charge in [0.1, 0.15) is 5.75 Å². The number of benzene rings is 2. The van der Waals surface area contributed by atoms with Crippen LogP contribution in [0.15, 0.2) is 42.5 Å². The first-order valence-electron chi connectivity index (χ1n) is 11.4. The number of rotatable bonds is 5. The van der Waals surface area contributed by atoms with Crippen LogP contribution in [0.4, 0.5) is 0 Å². The van der Waals surface area contributed by atoms with E-state index in [0.717, 1.165) is 49.8 Å². The highest BCUT2D eigenvalue weighted by atomic mass is 35.5. The number of aldehydes is 1. The second kappa shape index (κ2) is 9.45. The van der Waals surface area contributed by atoms with Crippen molar-refractivity contribution in [1.82, 2.24) is 15.0 Å². The third-order valence-electron chi connectivity index (χ3n) is 6.73. The van der Waals surface area contributed by atoms with Crippen molar-refractivity contribution in [2.45, 2.75) is 25.2 Å². The lowest BCUT2D eigenvalue weighted by Gasteiger charge is -2.42. The molecule has 0 spiro atoms. The zero-order valence-electron chi connectivity index (χ0n) is 18.8. The summed E-state index contributed by atoms with van der Waals surface area (Å²) in [5.74, 6) is 0.326. The van der Waals surface area contributed by atoms with Crippen molar-refractivity contribution in [2.24, 2.45) is 0 Å². The average molecular weight is 498 g/mol. The number of aromatic amines is 1. The Morgan fingerprint density at radius 1 is 1.06 bits per heavy atom. The molecule has 1 unspecified atom stereocenters. The average Bonchev–Trinajstić information content (AvgIpc) is 3.26. The van der Waals surface area contributed by atoms with Gasteiger partial charge in [0.2, 0.25) is 0 Å². The molecule has 34 heavy (non-hydrogen) atoms. The van der Waals surface area contributed by atoms with Crippen LogP contribution >= 0.6 is 23.2 Å². The van der Waals surface area contributed by atoms with Crippen LogP contribution in [0.1, 0.15) is 57.2 Å². The first-order valence-corrected chi connectivity index (χ1v) is 12.1. The monoisotopic (exact) mass is 497 g/mol. The topological polar surface area (TPSA) is 65.6 Å². The normalized spacial score (nSPS) is 18.6. The molecule has 0 radical (unpaired) electrons. The number of piperidine rings is 1. The number of amides is 1. The van der Waals surface area contributed by atoms with Crippen LogP contribution in [0.25, 0.3) is 11.3 Å². The van der Waals surface area contributed by atoms with Crippen molar-refractivity contribution >= 4 is 35.4 Å². The van der Waals surface area contributed by atoms with Crippen molar-refractivity contribution in [1.29, 1.82) is 0 Å². The van der Waals surface area contributed by atoms with E-state index in [9.17, 15) is 9.59 Å². The van der Waals surface area contributed by atoms with E-state index in [1.54, 1.807) is 24.3 Å². The number of nitrogens with one attached hydrogen (secondary N) is 1. The maximum atomic E-state index is 13.8. The van der Waals surface area contributed by atoms with Gasteiger partial charge in [0.25, 0.3) is 5.91 Å². The standard InChI is InChI=1S/C26H25Cl2N3O3/c1-34-18-8-5-16(6-9-18)24-21(15-32)23-25(29-24)20(19-10-7-17(27)13-22(19)28)14-31(26(23)33)30-11-3-2-4-12-30/h5-10,13,15,20,29H,2-4,11-12,14H2,1H3. The van der Waals surface area contributed by atoms with Gasteiger partial charge >= 0.3 is 0 Å². The molecule has 8 heteroatoms. The van der Waals surface area contributed by atoms with E-state index in [2.05, 4.69) is 9.99 Å². The highest BCUT2D eigenvalue weighted by molar-refractivity contribution is 6.35. The van der Waals surface area contributed by atoms with Crippen LogP contribution in [-0.2, 0) is 0 Å². The Morgan fingerprint density at radius 2 is 1.79 bits per heavy atom. The summed E-state index contributed by atoms with van der Waals surface area (Å²) in [5.41, 5.74) is 3.76. The van der Waals surface area contributed by atoms with Gasteiger partial charge in [-0.25, -0.2) is 5.01 Å². The molecular weight excluding hydrogens is 473 g/mol. The van der Waals surface area contributed by atoms with Crippen LogP contribution in [0.3, 0.4) is 0 Å². The predicted molar refractivity (Wildman–Crippen MR) is 133 cm³/mol. The van der Waals surface area contributed by atoms with Crippen LogP contribution < -0.4 is 4.74 Å². The molecule has 5 rings (SSSR count). The molecule has 1 N–H and O–H groups in total. The Bertz CT molecular complexity index is 1230. The summed E-state index contributed by atoms with van der Waals surface area (Å²) in [6, 6.07) is 12.8. The Kier molecular flexibility index (Phi) is 6.38. The maximum Gasteiger partial charge on any atom is 0.270 e. The number of methoxy groups -OCH3 is 1. The summed E-state index contributed by atoms with van der Waals surface area (Å²) >= 11 is 12.8. The molecule has 3 aromatic rings. The zero-order chi connectivity index (χ0) is 23.8. The van der Waals surface area contributed by atoms with Crippen molar-refractivity contribution in [2.75, 3.05) is 26.7 Å². The first kappa shape index (κ1) is 23.0. The van der Waals surface area contributed by atoms with Gasteiger partial charge in [-0.05, 0) is 60.4 Å². The molecular formula is C26H25Cl2N3O3. The Morgan fingerprint density at radius 3 is 2.44 bits per heavy atom. The summed E-state index contributed by atoms with van der Waals surface area (Å²) in [7, 11) is 1.60. The molecule has 0 aliphatic carbocycles. The van der Waals surface area contributed by atoms with Crippen LogP contribution in [0.5, 0.6) is 5.75 Å². The fourth-order valence-electron chi connectivity index (χ4n) is 5.01. The Hall–Kier alpha value is -2.80. The van der Waals surface area contributed by atoms with Gasteiger partial charge in [-0.1, -0.05) is 35.7 Å². The zero-order valence-corrected chi connectivity index (χ0v) is 20.3. The van der Waals surface area contributed by atoms with Gasteiger partial charge in [-0.3, -0.25) is 14.6 Å². The lowest BCUT2D eigenvalue weighted by atomic mass is 9.88. The molecule has 2 aliphatic heterocycles. The lowest BCUT2D eigenvalue weighted by molar-refractivity contribution is -0.0264. The fourth-order valence-corrected chi connectivity index (χ4v) is 5.55. The highest BCUT2D eigenvalue weighted by Gasteiger charge is 2.40. The van der Waals surface area contributed by atoms with Gasteiger partial charge < -0.3 is 9.72 Å². The van der Waals surface area contributed by atoms with E-state index in [4.69, 9.17) is 27.9 Å². The number of H-pyrrole nitrogens is 1. The van der Waals surface area contributed by atoms with E-state index >= 15 is 0 Å². The predicted octanol–water partition coefficient (Wildman–Crippen LogP) is 5.80. The number of hydrogen-bond donors (Lipinski definition) is 1. The van der Waals surface area contributed by atoms with Gasteiger partial charge in [-0.2, -0.15) is 0 Å². The van der Waals surface area contributed by atoms with E-state index in [1.165, 1.54) is 0 Å². The molecule has 2 aliphatic rings. The second-order valence-electron chi connectivity index (χ2n) is 8.67. The Labute approximate surface area is 208 Å². The minimum absolute atomic E-state index is 0.156. The summed E-state index contributed by atoms with van der Waals surface area (Å²) < 4.78 is 5.27. The van der Waals surface area contributed by atoms with E-state index in [1.807, 2.05) is 30.3 Å². The molecule has 3 heterocycles. The summed E-state index contributed by atoms with van der Waals surface area (Å²) in [6.45, 7) is 2.07. The molecule has 1 saturated heterocycles. The number of nitrogens with zero attached hydrogens (tertiary/aromatic N) is 2. The number of carbonyl (C=O) groups excluding carboxylic acids is 2. The summed E-state index contributed by atoms with van der Waals surface area (Å²) in [4.78, 5) is 29.6. The smallest absolute Gasteiger partial charge is 0.270 e. The van der Waals surface area contributed by atoms with Crippen molar-refractivity contribution < 1.29 is 14.3 Å². The SMILES string of the molecule is COc1ccc(-c2[nH]c3c(c2C=O)C(=O)N(N2CCCCC2)CC3c2ccc(Cl)cc2Cl)cc1. The molecule has 0 saturated carbocycles. The van der Waals surface area contributed by atoms with E-state index in [0.29, 0.717) is 44.9 Å². The molecule has 1 aromatic heterocycles. The van der Waals surface area contributed by atoms with Gasteiger partial charge in [-0.15, -0.1) is 0 Å². The first-order chi connectivity index (χ1) is 16.5. The number of carbonyl (C=O) groups is 2. The number of fused-ring (bicyclic) bond motifs is 1. The summed E-state index contributed by atoms with van der Waals surface area (Å²) in [5, 5.41) is 4.99. The maximum absolute atomic E-state index is 13.8. The van der Waals surface area contributed by atoms with Gasteiger partial charge in [0.05, 0.1) is 30.5 Å². The fraction of sp³-hybridized carbons (Fsp3) is 0.308. The quantitative estimate of drug-likeness (QED) is 0.452. The van der Waals surface area contributed by atoms with Crippen molar-refractivity contribution in [3.8, 4) is 17.0 Å². The van der Waals surface area contributed by atoms with Gasteiger partial charge in [0.15, 0.2) is 6.29 Å². The molecule has 1 atom stereocenters. The number of hydrogen-bond acceptors (Lipinski definition) is 4. The van der Waals surface area contributed by atoms with Crippen LogP contribution in [0, 0.1) is 0 Å². The summed E-state index contributed by atoms with van der Waals surface area (Å²) in [6.07, 6.45) is 4.00. The molecule has 6 nitrogen and oxygen atoms in total. The largest absolute Gasteiger partial charge is 0.497 e. The third kappa shape index (κ3) is 4.00.